The Morgan fingerprint density at radius 3 is 2.81 bits per heavy atom. The van der Waals surface area contributed by atoms with Gasteiger partial charge in [0.05, 0.1) is 6.10 Å². The average Bonchev–Trinajstić information content (AvgIpc) is 3.08. The van der Waals surface area contributed by atoms with E-state index in [4.69, 9.17) is 4.74 Å². The number of aryl methyl sites for hydroxylation is 1. The minimum Gasteiger partial charge on any atom is -0.491 e. The molecule has 0 aliphatic rings. The summed E-state index contributed by atoms with van der Waals surface area (Å²) in [5.41, 5.74) is 2.06. The summed E-state index contributed by atoms with van der Waals surface area (Å²) in [5.74, 6) is 1.97. The van der Waals surface area contributed by atoms with Gasteiger partial charge in [-0.2, -0.15) is 0 Å². The third-order valence-electron chi connectivity index (χ3n) is 3.80. The number of aliphatic hydroxyl groups excluding tert-OH is 1. The first-order valence-corrected chi connectivity index (χ1v) is 9.60. The van der Waals surface area contributed by atoms with Gasteiger partial charge in [-0.25, -0.2) is 0 Å². The number of aliphatic hydroxyl groups is 1. The molecule has 0 saturated heterocycles. The predicted molar refractivity (Wildman–Crippen MR) is 107 cm³/mol. The maximum absolute atomic E-state index is 10.3. The van der Waals surface area contributed by atoms with Crippen molar-refractivity contribution < 1.29 is 9.84 Å². The van der Waals surface area contributed by atoms with Crippen LogP contribution in [0, 0.1) is 6.92 Å². The van der Waals surface area contributed by atoms with E-state index < -0.39 is 6.10 Å². The summed E-state index contributed by atoms with van der Waals surface area (Å²) >= 11 is 1.44. The lowest BCUT2D eigenvalue weighted by Crippen LogP contribution is -2.20. The Labute approximate surface area is 162 Å². The van der Waals surface area contributed by atoms with E-state index >= 15 is 0 Å². The van der Waals surface area contributed by atoms with Gasteiger partial charge in [-0.3, -0.25) is 9.55 Å². The first kappa shape index (κ1) is 19.1. The Balaban J connectivity index is 1.61. The SMILES string of the molecule is C=CCn1c(SC[C@H](O)COc2cccc(C)c2)nnc1-c1ccncc1. The summed E-state index contributed by atoms with van der Waals surface area (Å²) in [6.07, 6.45) is 4.63. The van der Waals surface area contributed by atoms with Crippen LogP contribution in [0.4, 0.5) is 0 Å². The van der Waals surface area contributed by atoms with Crippen LogP contribution in [0.3, 0.4) is 0 Å². The second-order valence-electron chi connectivity index (χ2n) is 6.03. The molecule has 0 radical (unpaired) electrons. The van der Waals surface area contributed by atoms with Crippen LogP contribution in [0.5, 0.6) is 5.75 Å². The highest BCUT2D eigenvalue weighted by molar-refractivity contribution is 7.99. The maximum Gasteiger partial charge on any atom is 0.191 e. The largest absolute Gasteiger partial charge is 0.491 e. The molecule has 0 fully saturated rings. The monoisotopic (exact) mass is 382 g/mol. The highest BCUT2D eigenvalue weighted by Gasteiger charge is 2.15. The van der Waals surface area contributed by atoms with Crippen molar-refractivity contribution in [2.45, 2.75) is 24.7 Å². The fourth-order valence-electron chi connectivity index (χ4n) is 2.52. The average molecular weight is 382 g/mol. The van der Waals surface area contributed by atoms with Crippen molar-refractivity contribution >= 4 is 11.8 Å². The van der Waals surface area contributed by atoms with Gasteiger partial charge in [0.15, 0.2) is 11.0 Å². The van der Waals surface area contributed by atoms with Crippen molar-refractivity contribution in [3.63, 3.8) is 0 Å². The Morgan fingerprint density at radius 2 is 2.07 bits per heavy atom. The van der Waals surface area contributed by atoms with Gasteiger partial charge >= 0.3 is 0 Å². The zero-order chi connectivity index (χ0) is 19.1. The fourth-order valence-corrected chi connectivity index (χ4v) is 3.37. The van der Waals surface area contributed by atoms with E-state index in [0.29, 0.717) is 12.3 Å². The van der Waals surface area contributed by atoms with Crippen LogP contribution in [-0.4, -0.2) is 43.3 Å². The molecule has 140 valence electrons. The van der Waals surface area contributed by atoms with E-state index in [2.05, 4.69) is 21.8 Å². The van der Waals surface area contributed by atoms with Crippen LogP contribution in [0.25, 0.3) is 11.4 Å². The zero-order valence-corrected chi connectivity index (χ0v) is 16.0. The molecule has 0 aliphatic carbocycles. The molecule has 27 heavy (non-hydrogen) atoms. The van der Waals surface area contributed by atoms with Gasteiger partial charge < -0.3 is 9.84 Å². The van der Waals surface area contributed by atoms with Crippen molar-refractivity contribution in [3.8, 4) is 17.1 Å². The van der Waals surface area contributed by atoms with Gasteiger partial charge in [0.25, 0.3) is 0 Å². The van der Waals surface area contributed by atoms with Crippen LogP contribution in [0.1, 0.15) is 5.56 Å². The van der Waals surface area contributed by atoms with E-state index in [1.54, 1.807) is 18.5 Å². The highest BCUT2D eigenvalue weighted by atomic mass is 32.2. The first-order chi connectivity index (χ1) is 13.2. The number of hydrogen-bond acceptors (Lipinski definition) is 6. The molecule has 2 aromatic heterocycles. The van der Waals surface area contributed by atoms with Gasteiger partial charge in [-0.1, -0.05) is 30.0 Å². The van der Waals surface area contributed by atoms with E-state index in [9.17, 15) is 5.11 Å². The van der Waals surface area contributed by atoms with Gasteiger partial charge in [-0.05, 0) is 36.8 Å². The molecule has 7 heteroatoms. The molecule has 6 nitrogen and oxygen atoms in total. The van der Waals surface area contributed by atoms with Gasteiger partial charge in [-0.15, -0.1) is 16.8 Å². The summed E-state index contributed by atoms with van der Waals surface area (Å²) in [5, 5.41) is 19.5. The smallest absolute Gasteiger partial charge is 0.191 e. The third-order valence-corrected chi connectivity index (χ3v) is 4.92. The molecule has 0 saturated carbocycles. The topological polar surface area (TPSA) is 73.1 Å². The van der Waals surface area contributed by atoms with Crippen LogP contribution < -0.4 is 4.74 Å². The molecular weight excluding hydrogens is 360 g/mol. The Morgan fingerprint density at radius 1 is 1.26 bits per heavy atom. The number of benzene rings is 1. The number of pyridine rings is 1. The lowest BCUT2D eigenvalue weighted by Gasteiger charge is -2.13. The maximum atomic E-state index is 10.3. The Hall–Kier alpha value is -2.64. The second-order valence-corrected chi connectivity index (χ2v) is 7.02. The summed E-state index contributed by atoms with van der Waals surface area (Å²) in [6.45, 7) is 6.63. The quantitative estimate of drug-likeness (QED) is 0.452. The molecule has 1 aromatic carbocycles. The number of hydrogen-bond donors (Lipinski definition) is 1. The van der Waals surface area contributed by atoms with E-state index in [-0.39, 0.29) is 6.61 Å². The predicted octanol–water partition coefficient (Wildman–Crippen LogP) is 3.37. The first-order valence-electron chi connectivity index (χ1n) is 8.62. The second kappa shape index (κ2) is 9.34. The third kappa shape index (κ3) is 5.18. The lowest BCUT2D eigenvalue weighted by molar-refractivity contribution is 0.126. The molecule has 1 N–H and O–H groups in total. The van der Waals surface area contributed by atoms with E-state index in [1.807, 2.05) is 47.9 Å². The Kier molecular flexibility index (Phi) is 6.62. The number of aromatic nitrogens is 4. The molecule has 0 amide bonds. The normalized spacial score (nSPS) is 11.9. The van der Waals surface area contributed by atoms with Gasteiger partial charge in [0.1, 0.15) is 12.4 Å². The zero-order valence-electron chi connectivity index (χ0n) is 15.2. The van der Waals surface area contributed by atoms with Gasteiger partial charge in [0, 0.05) is 30.3 Å². The van der Waals surface area contributed by atoms with Crippen molar-refractivity contribution in [2.24, 2.45) is 0 Å². The summed E-state index contributed by atoms with van der Waals surface area (Å²) in [6, 6.07) is 11.6. The molecule has 3 rings (SSSR count). The molecule has 0 aliphatic heterocycles. The number of nitrogens with zero attached hydrogens (tertiary/aromatic N) is 4. The van der Waals surface area contributed by atoms with Crippen molar-refractivity contribution in [1.29, 1.82) is 0 Å². The molecule has 0 bridgehead atoms. The summed E-state index contributed by atoms with van der Waals surface area (Å²) in [4.78, 5) is 4.03. The number of thioether (sulfide) groups is 1. The Bertz CT molecular complexity index is 883. The highest BCUT2D eigenvalue weighted by Crippen LogP contribution is 2.24. The minimum absolute atomic E-state index is 0.225. The molecular formula is C20H22N4O2S. The number of ether oxygens (including phenoxy) is 1. The lowest BCUT2D eigenvalue weighted by atomic mass is 10.2. The summed E-state index contributed by atoms with van der Waals surface area (Å²) in [7, 11) is 0. The summed E-state index contributed by atoms with van der Waals surface area (Å²) < 4.78 is 7.63. The number of allylic oxidation sites excluding steroid dienone is 1. The van der Waals surface area contributed by atoms with Gasteiger partial charge in [0.2, 0.25) is 0 Å². The number of rotatable bonds is 9. The van der Waals surface area contributed by atoms with Crippen molar-refractivity contribution in [3.05, 3.63) is 67.0 Å². The molecule has 0 spiro atoms. The standard InChI is InChI=1S/C20H22N4O2S/c1-3-11-24-19(16-7-9-21-10-8-16)22-23-20(24)27-14-17(25)13-26-18-6-4-5-15(2)12-18/h3-10,12,17,25H,1,11,13-14H2,2H3/t17-/m1/s1. The van der Waals surface area contributed by atoms with E-state index in [1.165, 1.54) is 11.8 Å². The van der Waals surface area contributed by atoms with Crippen LogP contribution in [0.15, 0.2) is 66.6 Å². The molecule has 2 heterocycles. The van der Waals surface area contributed by atoms with Crippen LogP contribution in [0.2, 0.25) is 0 Å². The van der Waals surface area contributed by atoms with Crippen LogP contribution in [-0.2, 0) is 6.54 Å². The molecule has 0 unspecified atom stereocenters. The van der Waals surface area contributed by atoms with E-state index in [0.717, 1.165) is 27.9 Å². The van der Waals surface area contributed by atoms with Crippen molar-refractivity contribution in [2.75, 3.05) is 12.4 Å². The fraction of sp³-hybridized carbons (Fsp3) is 0.250. The molecule has 3 aromatic rings. The van der Waals surface area contributed by atoms with Crippen LogP contribution >= 0.6 is 11.8 Å². The molecule has 1 atom stereocenters. The van der Waals surface area contributed by atoms with Crippen molar-refractivity contribution in [1.82, 2.24) is 19.7 Å². The minimum atomic E-state index is -0.617.